The van der Waals surface area contributed by atoms with Crippen LogP contribution < -0.4 is 5.32 Å². The van der Waals surface area contributed by atoms with Gasteiger partial charge in [0, 0.05) is 5.92 Å². The minimum atomic E-state index is -2.43. The fraction of sp³-hybridized carbons (Fsp3) is 0.833. The molecular weight excluding hydrogens is 140 g/mol. The van der Waals surface area contributed by atoms with E-state index in [2.05, 4.69) is 5.32 Å². The van der Waals surface area contributed by atoms with E-state index in [0.717, 1.165) is 12.8 Å². The van der Waals surface area contributed by atoms with Gasteiger partial charge in [0.25, 0.3) is 6.43 Å². The highest BCUT2D eigenvalue weighted by Gasteiger charge is 2.29. The molecule has 1 aliphatic rings. The van der Waals surface area contributed by atoms with Crippen molar-refractivity contribution in [3.63, 3.8) is 0 Å². The van der Waals surface area contributed by atoms with E-state index in [1.165, 1.54) is 0 Å². The molecule has 1 amide bonds. The second-order valence-corrected chi connectivity index (χ2v) is 2.41. The Morgan fingerprint density at radius 1 is 1.60 bits per heavy atom. The van der Waals surface area contributed by atoms with Gasteiger partial charge in [-0.2, -0.15) is 0 Å². The summed E-state index contributed by atoms with van der Waals surface area (Å²) in [7, 11) is 0. The standard InChI is InChI=1S/C6H9F2NO/c7-5(8)3-9-6(10)4-1-2-4/h4-5H,1-3H2,(H,9,10). The number of carbonyl (C=O) groups is 1. The third kappa shape index (κ3) is 2.29. The molecule has 1 N–H and O–H groups in total. The number of hydrogen-bond donors (Lipinski definition) is 1. The summed E-state index contributed by atoms with van der Waals surface area (Å²) in [5.41, 5.74) is 0. The van der Waals surface area contributed by atoms with Crippen LogP contribution in [-0.2, 0) is 4.79 Å². The molecule has 1 saturated carbocycles. The quantitative estimate of drug-likeness (QED) is 0.631. The molecule has 0 aromatic carbocycles. The maximum Gasteiger partial charge on any atom is 0.255 e. The molecule has 0 spiro atoms. The van der Waals surface area contributed by atoms with Crippen LogP contribution in [0.5, 0.6) is 0 Å². The second-order valence-electron chi connectivity index (χ2n) is 2.41. The van der Waals surface area contributed by atoms with Gasteiger partial charge in [0.1, 0.15) is 0 Å². The molecule has 0 unspecified atom stereocenters. The van der Waals surface area contributed by atoms with Gasteiger partial charge in [-0.05, 0) is 12.8 Å². The first-order valence-corrected chi connectivity index (χ1v) is 3.26. The lowest BCUT2D eigenvalue weighted by atomic mass is 10.4. The average Bonchev–Trinajstić information content (AvgIpc) is 2.63. The van der Waals surface area contributed by atoms with Crippen LogP contribution >= 0.6 is 0 Å². The summed E-state index contributed by atoms with van der Waals surface area (Å²) in [5, 5.41) is 2.16. The lowest BCUT2D eigenvalue weighted by Gasteiger charge is -2.00. The van der Waals surface area contributed by atoms with Gasteiger partial charge in [-0.3, -0.25) is 4.79 Å². The van der Waals surface area contributed by atoms with Gasteiger partial charge in [0.15, 0.2) is 0 Å². The number of alkyl halides is 2. The molecule has 4 heteroatoms. The molecule has 58 valence electrons. The van der Waals surface area contributed by atoms with Gasteiger partial charge < -0.3 is 5.32 Å². The van der Waals surface area contributed by atoms with E-state index in [9.17, 15) is 13.6 Å². The average molecular weight is 149 g/mol. The maximum atomic E-state index is 11.5. The minimum Gasteiger partial charge on any atom is -0.350 e. The van der Waals surface area contributed by atoms with E-state index >= 15 is 0 Å². The zero-order valence-electron chi connectivity index (χ0n) is 5.44. The van der Waals surface area contributed by atoms with Gasteiger partial charge in [-0.15, -0.1) is 0 Å². The van der Waals surface area contributed by atoms with Crippen molar-refractivity contribution in [2.24, 2.45) is 5.92 Å². The minimum absolute atomic E-state index is 0.0266. The Bertz CT molecular complexity index is 134. The Labute approximate surface area is 57.6 Å². The summed E-state index contributed by atoms with van der Waals surface area (Å²) in [5.74, 6) is -0.195. The number of carbonyl (C=O) groups excluding carboxylic acids is 1. The fourth-order valence-corrected chi connectivity index (χ4v) is 0.668. The molecular formula is C6H9F2NO. The molecule has 0 aliphatic heterocycles. The predicted molar refractivity (Wildman–Crippen MR) is 31.7 cm³/mol. The molecule has 1 aliphatic carbocycles. The van der Waals surface area contributed by atoms with Crippen LogP contribution in [0.15, 0.2) is 0 Å². The van der Waals surface area contributed by atoms with Crippen LogP contribution in [0.25, 0.3) is 0 Å². The third-order valence-electron chi connectivity index (χ3n) is 1.38. The van der Waals surface area contributed by atoms with Gasteiger partial charge in [0.2, 0.25) is 5.91 Å². The first kappa shape index (κ1) is 7.44. The molecule has 2 nitrogen and oxygen atoms in total. The number of rotatable bonds is 3. The molecule has 0 radical (unpaired) electrons. The summed E-state index contributed by atoms with van der Waals surface area (Å²) < 4.78 is 22.9. The topological polar surface area (TPSA) is 29.1 Å². The monoisotopic (exact) mass is 149 g/mol. The highest BCUT2D eigenvalue weighted by Crippen LogP contribution is 2.28. The molecule has 0 bridgehead atoms. The van der Waals surface area contributed by atoms with Crippen molar-refractivity contribution in [3.8, 4) is 0 Å². The second kappa shape index (κ2) is 2.94. The number of nitrogens with one attached hydrogen (secondary N) is 1. The van der Waals surface area contributed by atoms with Gasteiger partial charge in [-0.25, -0.2) is 8.78 Å². The molecule has 0 atom stereocenters. The van der Waals surface area contributed by atoms with E-state index in [1.807, 2.05) is 0 Å². The first-order chi connectivity index (χ1) is 4.70. The summed E-state index contributed by atoms with van der Waals surface area (Å²) in [4.78, 5) is 10.7. The number of amides is 1. The van der Waals surface area contributed by atoms with Gasteiger partial charge in [0.05, 0.1) is 6.54 Å². The van der Waals surface area contributed by atoms with Crippen molar-refractivity contribution in [2.45, 2.75) is 19.3 Å². The summed E-state index contributed by atoms with van der Waals surface area (Å²) >= 11 is 0. The Balaban J connectivity index is 2.06. The zero-order chi connectivity index (χ0) is 7.56. The normalized spacial score (nSPS) is 17.5. The number of halogens is 2. The van der Waals surface area contributed by atoms with Crippen molar-refractivity contribution in [3.05, 3.63) is 0 Å². The van der Waals surface area contributed by atoms with Crippen LogP contribution in [0.4, 0.5) is 8.78 Å². The van der Waals surface area contributed by atoms with Crippen LogP contribution in [0.2, 0.25) is 0 Å². The van der Waals surface area contributed by atoms with Crippen LogP contribution in [0.1, 0.15) is 12.8 Å². The van der Waals surface area contributed by atoms with Crippen molar-refractivity contribution in [2.75, 3.05) is 6.54 Å². The van der Waals surface area contributed by atoms with E-state index in [1.54, 1.807) is 0 Å². The Morgan fingerprint density at radius 2 is 2.20 bits per heavy atom. The summed E-state index contributed by atoms with van der Waals surface area (Å²) in [6, 6.07) is 0. The van der Waals surface area contributed by atoms with Gasteiger partial charge >= 0.3 is 0 Å². The molecule has 0 saturated heterocycles. The van der Waals surface area contributed by atoms with Crippen LogP contribution in [0, 0.1) is 5.92 Å². The SMILES string of the molecule is O=C(NCC(F)F)C1CC1. The zero-order valence-corrected chi connectivity index (χ0v) is 5.44. The van der Waals surface area contributed by atoms with Crippen LogP contribution in [-0.4, -0.2) is 18.9 Å². The lowest BCUT2D eigenvalue weighted by molar-refractivity contribution is -0.122. The molecule has 1 fully saturated rings. The van der Waals surface area contributed by atoms with E-state index in [-0.39, 0.29) is 11.8 Å². The van der Waals surface area contributed by atoms with Crippen molar-refractivity contribution < 1.29 is 13.6 Å². The smallest absolute Gasteiger partial charge is 0.255 e. The Kier molecular flexibility index (Phi) is 2.19. The molecule has 10 heavy (non-hydrogen) atoms. The summed E-state index contributed by atoms with van der Waals surface area (Å²) in [6.07, 6.45) is -0.716. The van der Waals surface area contributed by atoms with E-state index in [0.29, 0.717) is 0 Å². The van der Waals surface area contributed by atoms with Gasteiger partial charge in [-0.1, -0.05) is 0 Å². The van der Waals surface area contributed by atoms with Crippen molar-refractivity contribution in [1.82, 2.24) is 5.32 Å². The molecule has 0 aromatic rings. The maximum absolute atomic E-state index is 11.5. The van der Waals surface area contributed by atoms with E-state index in [4.69, 9.17) is 0 Å². The number of hydrogen-bond acceptors (Lipinski definition) is 1. The van der Waals surface area contributed by atoms with E-state index < -0.39 is 13.0 Å². The summed E-state index contributed by atoms with van der Waals surface area (Å²) in [6.45, 7) is -0.505. The molecule has 1 rings (SSSR count). The molecule has 0 aromatic heterocycles. The highest BCUT2D eigenvalue weighted by molar-refractivity contribution is 5.80. The van der Waals surface area contributed by atoms with Crippen molar-refractivity contribution in [1.29, 1.82) is 0 Å². The Morgan fingerprint density at radius 3 is 2.60 bits per heavy atom. The van der Waals surface area contributed by atoms with Crippen LogP contribution in [0.3, 0.4) is 0 Å². The lowest BCUT2D eigenvalue weighted by Crippen LogP contribution is -2.29. The highest BCUT2D eigenvalue weighted by atomic mass is 19.3. The fourth-order valence-electron chi connectivity index (χ4n) is 0.668. The molecule has 0 heterocycles. The Hall–Kier alpha value is -0.670. The predicted octanol–water partition coefficient (Wildman–Crippen LogP) is 0.778. The first-order valence-electron chi connectivity index (χ1n) is 3.26. The van der Waals surface area contributed by atoms with Crippen molar-refractivity contribution >= 4 is 5.91 Å². The third-order valence-corrected chi connectivity index (χ3v) is 1.38. The largest absolute Gasteiger partial charge is 0.350 e.